The van der Waals surface area contributed by atoms with Gasteiger partial charge in [0.2, 0.25) is 0 Å². The van der Waals surface area contributed by atoms with Gasteiger partial charge in [0, 0.05) is 17.6 Å². The number of hydrogen-bond acceptors (Lipinski definition) is 2. The number of methoxy groups -OCH3 is 1. The summed E-state index contributed by atoms with van der Waals surface area (Å²) in [5.41, 5.74) is 2.70. The number of benzene rings is 2. The summed E-state index contributed by atoms with van der Waals surface area (Å²) in [7, 11) is 1.69. The highest BCUT2D eigenvalue weighted by atomic mass is 35.5. The molecule has 3 rings (SSSR count). The lowest BCUT2D eigenvalue weighted by molar-refractivity contribution is 0.289. The fraction of sp³-hybridized carbons (Fsp3) is 0.333. The fourth-order valence-electron chi connectivity index (χ4n) is 2.80. The molecule has 1 fully saturated rings. The Kier molecular flexibility index (Phi) is 4.47. The lowest BCUT2D eigenvalue weighted by Crippen LogP contribution is -2.39. The van der Waals surface area contributed by atoms with Crippen LogP contribution >= 0.6 is 11.6 Å². The lowest BCUT2D eigenvalue weighted by atomic mass is 9.76. The minimum absolute atomic E-state index is 0.618. The van der Waals surface area contributed by atoms with Crippen LogP contribution in [-0.4, -0.2) is 13.2 Å². The molecule has 0 bridgehead atoms. The van der Waals surface area contributed by atoms with Gasteiger partial charge in [-0.2, -0.15) is 0 Å². The number of ether oxygens (including phenoxy) is 1. The summed E-state index contributed by atoms with van der Waals surface area (Å²) in [6.07, 6.45) is 2.41. The highest BCUT2D eigenvalue weighted by Gasteiger charge is 2.29. The van der Waals surface area contributed by atoms with Crippen molar-refractivity contribution in [1.29, 1.82) is 0 Å². The van der Waals surface area contributed by atoms with Crippen molar-refractivity contribution in [2.75, 3.05) is 7.11 Å². The molecule has 2 aromatic carbocycles. The second-order valence-electron chi connectivity index (χ2n) is 5.65. The van der Waals surface area contributed by atoms with Crippen LogP contribution in [0.15, 0.2) is 48.5 Å². The molecule has 0 aromatic heterocycles. The Balaban J connectivity index is 1.45. The summed E-state index contributed by atoms with van der Waals surface area (Å²) in [4.78, 5) is 0. The molecule has 0 amide bonds. The van der Waals surface area contributed by atoms with E-state index in [1.165, 1.54) is 24.0 Å². The Morgan fingerprint density at radius 3 is 2.33 bits per heavy atom. The van der Waals surface area contributed by atoms with Gasteiger partial charge in [0.05, 0.1) is 7.11 Å². The van der Waals surface area contributed by atoms with Gasteiger partial charge >= 0.3 is 0 Å². The van der Waals surface area contributed by atoms with Crippen molar-refractivity contribution in [2.24, 2.45) is 0 Å². The molecule has 0 atom stereocenters. The predicted octanol–water partition coefficient (Wildman–Crippen LogP) is 4.38. The van der Waals surface area contributed by atoms with Crippen LogP contribution in [0.1, 0.15) is 29.9 Å². The van der Waals surface area contributed by atoms with E-state index >= 15 is 0 Å². The zero-order valence-electron chi connectivity index (χ0n) is 12.2. The van der Waals surface area contributed by atoms with Gasteiger partial charge in [-0.3, -0.25) is 0 Å². The quantitative estimate of drug-likeness (QED) is 0.884. The van der Waals surface area contributed by atoms with E-state index in [-0.39, 0.29) is 0 Å². The second kappa shape index (κ2) is 6.50. The van der Waals surface area contributed by atoms with E-state index < -0.39 is 0 Å². The highest BCUT2D eigenvalue weighted by Crippen LogP contribution is 2.37. The Labute approximate surface area is 131 Å². The zero-order valence-corrected chi connectivity index (χ0v) is 12.9. The molecule has 110 valence electrons. The molecule has 0 saturated heterocycles. The minimum Gasteiger partial charge on any atom is -0.497 e. The molecule has 1 saturated carbocycles. The largest absolute Gasteiger partial charge is 0.497 e. The van der Waals surface area contributed by atoms with Crippen LogP contribution < -0.4 is 10.1 Å². The van der Waals surface area contributed by atoms with E-state index in [1.807, 2.05) is 24.3 Å². The molecule has 0 unspecified atom stereocenters. The fourth-order valence-corrected chi connectivity index (χ4v) is 2.92. The number of nitrogens with one attached hydrogen (secondary N) is 1. The Bertz CT molecular complexity index is 573. The van der Waals surface area contributed by atoms with Crippen LogP contribution in [0.5, 0.6) is 5.75 Å². The van der Waals surface area contributed by atoms with E-state index in [1.54, 1.807) is 7.11 Å². The first-order chi connectivity index (χ1) is 10.2. The van der Waals surface area contributed by atoms with Gasteiger partial charge in [0.25, 0.3) is 0 Å². The van der Waals surface area contributed by atoms with Crippen molar-refractivity contribution in [1.82, 2.24) is 5.32 Å². The van der Waals surface area contributed by atoms with E-state index in [9.17, 15) is 0 Å². The normalized spacial score (nSPS) is 20.9. The Hall–Kier alpha value is -1.51. The average molecular weight is 302 g/mol. The molecule has 1 aliphatic rings. The third kappa shape index (κ3) is 3.58. The van der Waals surface area contributed by atoms with E-state index in [0.29, 0.717) is 12.0 Å². The van der Waals surface area contributed by atoms with Crippen molar-refractivity contribution < 1.29 is 4.74 Å². The van der Waals surface area contributed by atoms with Crippen LogP contribution in [-0.2, 0) is 6.54 Å². The Morgan fingerprint density at radius 1 is 1.05 bits per heavy atom. The first kappa shape index (κ1) is 14.4. The van der Waals surface area contributed by atoms with Gasteiger partial charge in [-0.1, -0.05) is 35.9 Å². The summed E-state index contributed by atoms with van der Waals surface area (Å²) in [5, 5.41) is 4.43. The molecule has 21 heavy (non-hydrogen) atoms. The summed E-state index contributed by atoms with van der Waals surface area (Å²) >= 11 is 5.92. The first-order valence-electron chi connectivity index (χ1n) is 7.36. The molecule has 1 N–H and O–H groups in total. The summed E-state index contributed by atoms with van der Waals surface area (Å²) < 4.78 is 5.17. The van der Waals surface area contributed by atoms with Crippen LogP contribution in [0.4, 0.5) is 0 Å². The first-order valence-corrected chi connectivity index (χ1v) is 7.74. The lowest BCUT2D eigenvalue weighted by Gasteiger charge is -2.36. The monoisotopic (exact) mass is 301 g/mol. The molecule has 0 radical (unpaired) electrons. The molecule has 0 spiro atoms. The van der Waals surface area contributed by atoms with Gasteiger partial charge < -0.3 is 10.1 Å². The van der Waals surface area contributed by atoms with Crippen LogP contribution in [0.2, 0.25) is 5.02 Å². The smallest absolute Gasteiger partial charge is 0.118 e. The molecular weight excluding hydrogens is 282 g/mol. The number of halogens is 1. The van der Waals surface area contributed by atoms with Gasteiger partial charge in [-0.25, -0.2) is 0 Å². The number of rotatable bonds is 5. The third-order valence-corrected chi connectivity index (χ3v) is 4.49. The third-order valence-electron chi connectivity index (χ3n) is 4.23. The van der Waals surface area contributed by atoms with Crippen molar-refractivity contribution in [3.8, 4) is 5.75 Å². The van der Waals surface area contributed by atoms with E-state index in [4.69, 9.17) is 16.3 Å². The Morgan fingerprint density at radius 2 is 1.71 bits per heavy atom. The molecule has 1 aliphatic carbocycles. The molecule has 3 heteroatoms. The van der Waals surface area contributed by atoms with Gasteiger partial charge in [0.15, 0.2) is 0 Å². The van der Waals surface area contributed by atoms with Gasteiger partial charge in [-0.05, 0) is 54.2 Å². The molecule has 0 aliphatic heterocycles. The van der Waals surface area contributed by atoms with E-state index in [2.05, 4.69) is 29.6 Å². The summed E-state index contributed by atoms with van der Waals surface area (Å²) in [6.45, 7) is 0.919. The van der Waals surface area contributed by atoms with Crippen LogP contribution in [0, 0.1) is 0 Å². The standard InChI is InChI=1S/C18H20ClNO/c1-21-18-8-2-13(3-9-18)12-20-17-10-15(11-17)14-4-6-16(19)7-5-14/h2-9,15,17,20H,10-12H2,1H3. The summed E-state index contributed by atoms with van der Waals surface area (Å²) in [5.74, 6) is 1.58. The van der Waals surface area contributed by atoms with Crippen molar-refractivity contribution in [2.45, 2.75) is 31.3 Å². The molecule has 2 aromatic rings. The molecule has 0 heterocycles. The van der Waals surface area contributed by atoms with Gasteiger partial charge in [-0.15, -0.1) is 0 Å². The van der Waals surface area contributed by atoms with Crippen LogP contribution in [0.3, 0.4) is 0 Å². The zero-order chi connectivity index (χ0) is 14.7. The number of hydrogen-bond donors (Lipinski definition) is 1. The SMILES string of the molecule is COc1ccc(CNC2CC(c3ccc(Cl)cc3)C2)cc1. The summed E-state index contributed by atoms with van der Waals surface area (Å²) in [6, 6.07) is 17.1. The maximum atomic E-state index is 5.92. The highest BCUT2D eigenvalue weighted by molar-refractivity contribution is 6.30. The minimum atomic E-state index is 0.618. The van der Waals surface area contributed by atoms with Crippen molar-refractivity contribution in [3.63, 3.8) is 0 Å². The van der Waals surface area contributed by atoms with Gasteiger partial charge in [0.1, 0.15) is 5.75 Å². The second-order valence-corrected chi connectivity index (χ2v) is 6.08. The van der Waals surface area contributed by atoms with Crippen molar-refractivity contribution >= 4 is 11.6 Å². The molecule has 2 nitrogen and oxygen atoms in total. The maximum Gasteiger partial charge on any atom is 0.118 e. The molecular formula is C18H20ClNO. The topological polar surface area (TPSA) is 21.3 Å². The van der Waals surface area contributed by atoms with Crippen LogP contribution in [0.25, 0.3) is 0 Å². The predicted molar refractivity (Wildman–Crippen MR) is 87.0 cm³/mol. The van der Waals surface area contributed by atoms with Crippen molar-refractivity contribution in [3.05, 3.63) is 64.7 Å². The van der Waals surface area contributed by atoms with E-state index in [0.717, 1.165) is 17.3 Å². The maximum absolute atomic E-state index is 5.92. The average Bonchev–Trinajstić information content (AvgIpc) is 2.48.